The third-order valence-electron chi connectivity index (χ3n) is 3.28. The molecule has 0 saturated heterocycles. The molecule has 0 N–H and O–H groups in total. The molecule has 0 spiro atoms. The van der Waals surface area contributed by atoms with Gasteiger partial charge in [-0.15, -0.1) is 11.3 Å². The molecule has 0 radical (unpaired) electrons. The van der Waals surface area contributed by atoms with Gasteiger partial charge in [0.25, 0.3) is 0 Å². The van der Waals surface area contributed by atoms with Crippen LogP contribution in [0.4, 0.5) is 5.13 Å². The van der Waals surface area contributed by atoms with Crippen molar-refractivity contribution in [1.29, 1.82) is 0 Å². The Bertz CT molecular complexity index is 611. The molecule has 19 heavy (non-hydrogen) atoms. The fraction of sp³-hybridized carbons (Fsp3) is 0.286. The first-order valence-electron chi connectivity index (χ1n) is 6.06. The highest BCUT2D eigenvalue weighted by Crippen LogP contribution is 2.32. The molecule has 1 aromatic carbocycles. The number of fused-ring (bicyclic) bond motifs is 1. The predicted octanol–water partition coefficient (Wildman–Crippen LogP) is 2.76. The molecule has 2 aromatic rings. The Hall–Kier alpha value is -1.88. The monoisotopic (exact) mass is 274 g/mol. The Morgan fingerprint density at radius 3 is 2.53 bits per heavy atom. The van der Waals surface area contributed by atoms with Gasteiger partial charge in [-0.3, -0.25) is 0 Å². The minimum atomic E-state index is -0.364. The van der Waals surface area contributed by atoms with Crippen LogP contribution in [0.5, 0.6) is 0 Å². The number of esters is 1. The molecule has 0 unspecified atom stereocenters. The first-order chi connectivity index (χ1) is 9.19. The Balaban J connectivity index is 1.88. The molecule has 0 saturated carbocycles. The lowest BCUT2D eigenvalue weighted by molar-refractivity contribution is 0.0594. The topological polar surface area (TPSA) is 42.4 Å². The predicted molar refractivity (Wildman–Crippen MR) is 74.5 cm³/mol. The highest BCUT2D eigenvalue weighted by molar-refractivity contribution is 7.15. The molecule has 0 bridgehead atoms. The molecule has 1 aliphatic heterocycles. The van der Waals surface area contributed by atoms with Gasteiger partial charge in [-0.25, -0.2) is 9.78 Å². The van der Waals surface area contributed by atoms with Crippen molar-refractivity contribution in [1.82, 2.24) is 4.98 Å². The van der Waals surface area contributed by atoms with Gasteiger partial charge >= 0.3 is 5.97 Å². The summed E-state index contributed by atoms with van der Waals surface area (Å²) in [4.78, 5) is 19.1. The van der Waals surface area contributed by atoms with Crippen LogP contribution in [-0.2, 0) is 17.8 Å². The lowest BCUT2D eigenvalue weighted by atomic mass is 10.1. The fourth-order valence-electron chi connectivity index (χ4n) is 2.27. The van der Waals surface area contributed by atoms with Gasteiger partial charge in [0, 0.05) is 18.0 Å². The zero-order chi connectivity index (χ0) is 13.4. The van der Waals surface area contributed by atoms with E-state index in [4.69, 9.17) is 4.74 Å². The zero-order valence-corrected chi connectivity index (χ0v) is 11.7. The van der Waals surface area contributed by atoms with Gasteiger partial charge < -0.3 is 9.64 Å². The molecule has 0 atom stereocenters. The van der Waals surface area contributed by atoms with E-state index < -0.39 is 0 Å². The van der Waals surface area contributed by atoms with Gasteiger partial charge in [0.2, 0.25) is 0 Å². The minimum Gasteiger partial charge on any atom is -0.464 e. The minimum absolute atomic E-state index is 0.364. The van der Waals surface area contributed by atoms with E-state index in [0.29, 0.717) is 5.69 Å². The summed E-state index contributed by atoms with van der Waals surface area (Å²) in [6, 6.07) is 8.37. The third kappa shape index (κ3) is 2.10. The van der Waals surface area contributed by atoms with E-state index in [2.05, 4.69) is 34.1 Å². The second-order valence-electron chi connectivity index (χ2n) is 4.52. The van der Waals surface area contributed by atoms with Crippen LogP contribution in [0.25, 0.3) is 0 Å². The number of benzene rings is 1. The number of carbonyl (C=O) groups is 1. The average Bonchev–Trinajstić information content (AvgIpc) is 3.00. The molecule has 5 heteroatoms. The number of hydrogen-bond acceptors (Lipinski definition) is 5. The summed E-state index contributed by atoms with van der Waals surface area (Å²) < 4.78 is 4.74. The molecule has 1 aliphatic rings. The van der Waals surface area contributed by atoms with Crippen molar-refractivity contribution in [3.8, 4) is 0 Å². The lowest BCUT2D eigenvalue weighted by Gasteiger charge is -2.12. The number of hydrogen-bond donors (Lipinski definition) is 0. The first kappa shape index (κ1) is 12.2. The normalized spacial score (nSPS) is 13.5. The van der Waals surface area contributed by atoms with E-state index in [9.17, 15) is 4.79 Å². The molecule has 3 rings (SSSR count). The van der Waals surface area contributed by atoms with Gasteiger partial charge in [-0.1, -0.05) is 24.3 Å². The van der Waals surface area contributed by atoms with Crippen LogP contribution in [0.3, 0.4) is 0 Å². The number of rotatable bonds is 2. The lowest BCUT2D eigenvalue weighted by Crippen LogP contribution is -2.14. The maximum atomic E-state index is 11.6. The Labute approximate surface area is 115 Å². The Morgan fingerprint density at radius 2 is 1.95 bits per heavy atom. The highest BCUT2D eigenvalue weighted by atomic mass is 32.1. The summed E-state index contributed by atoms with van der Waals surface area (Å²) in [7, 11) is 1.38. The van der Waals surface area contributed by atoms with E-state index in [1.165, 1.54) is 29.6 Å². The first-order valence-corrected chi connectivity index (χ1v) is 6.88. The second kappa shape index (κ2) is 4.66. The van der Waals surface area contributed by atoms with E-state index in [-0.39, 0.29) is 5.97 Å². The van der Waals surface area contributed by atoms with Crippen molar-refractivity contribution in [2.75, 3.05) is 12.0 Å². The number of methoxy groups -OCH3 is 1. The Kier molecular flexibility index (Phi) is 2.98. The van der Waals surface area contributed by atoms with Crippen molar-refractivity contribution in [2.24, 2.45) is 0 Å². The van der Waals surface area contributed by atoms with Crippen LogP contribution in [0.2, 0.25) is 0 Å². The smallest absolute Gasteiger partial charge is 0.357 e. The zero-order valence-electron chi connectivity index (χ0n) is 10.8. The van der Waals surface area contributed by atoms with Crippen LogP contribution in [0.15, 0.2) is 24.3 Å². The molecule has 0 fully saturated rings. The van der Waals surface area contributed by atoms with Crippen LogP contribution in [-0.4, -0.2) is 18.1 Å². The van der Waals surface area contributed by atoms with Gasteiger partial charge in [0.1, 0.15) is 0 Å². The average molecular weight is 274 g/mol. The summed E-state index contributed by atoms with van der Waals surface area (Å²) in [5.41, 5.74) is 3.09. The third-order valence-corrected chi connectivity index (χ3v) is 4.31. The number of aromatic nitrogens is 1. The van der Waals surface area contributed by atoms with Gasteiger partial charge in [0.15, 0.2) is 10.8 Å². The van der Waals surface area contributed by atoms with E-state index in [1.807, 2.05) is 6.92 Å². The fourth-order valence-corrected chi connectivity index (χ4v) is 3.17. The summed E-state index contributed by atoms with van der Waals surface area (Å²) in [6.07, 6.45) is 0. The number of aryl methyl sites for hydroxylation is 1. The summed E-state index contributed by atoms with van der Waals surface area (Å²) >= 11 is 1.54. The van der Waals surface area contributed by atoms with Gasteiger partial charge in [-0.2, -0.15) is 0 Å². The van der Waals surface area contributed by atoms with Crippen molar-refractivity contribution >= 4 is 22.4 Å². The van der Waals surface area contributed by atoms with Gasteiger partial charge in [0.05, 0.1) is 7.11 Å². The second-order valence-corrected chi connectivity index (χ2v) is 5.70. The summed E-state index contributed by atoms with van der Waals surface area (Å²) in [6.45, 7) is 3.60. The molecule has 4 nitrogen and oxygen atoms in total. The number of carbonyl (C=O) groups excluding carboxylic acids is 1. The van der Waals surface area contributed by atoms with Crippen LogP contribution >= 0.6 is 11.3 Å². The number of thiazole rings is 1. The molecule has 98 valence electrons. The van der Waals surface area contributed by atoms with Crippen LogP contribution in [0.1, 0.15) is 26.5 Å². The summed E-state index contributed by atoms with van der Waals surface area (Å²) in [5.74, 6) is -0.364. The molecule has 2 heterocycles. The van der Waals surface area contributed by atoms with E-state index >= 15 is 0 Å². The maximum Gasteiger partial charge on any atom is 0.357 e. The van der Waals surface area contributed by atoms with Crippen molar-refractivity contribution in [3.05, 3.63) is 46.0 Å². The molecule has 0 amide bonds. The molecular formula is C14H14N2O2S. The van der Waals surface area contributed by atoms with Crippen LogP contribution in [0, 0.1) is 6.92 Å². The van der Waals surface area contributed by atoms with E-state index in [1.54, 1.807) is 0 Å². The summed E-state index contributed by atoms with van der Waals surface area (Å²) in [5, 5.41) is 0.883. The number of ether oxygens (including phenoxy) is 1. The van der Waals surface area contributed by atoms with Crippen molar-refractivity contribution in [2.45, 2.75) is 20.0 Å². The number of anilines is 1. The molecule has 0 aliphatic carbocycles. The van der Waals surface area contributed by atoms with Crippen molar-refractivity contribution in [3.63, 3.8) is 0 Å². The maximum absolute atomic E-state index is 11.6. The van der Waals surface area contributed by atoms with E-state index in [0.717, 1.165) is 23.1 Å². The Morgan fingerprint density at radius 1 is 1.32 bits per heavy atom. The largest absolute Gasteiger partial charge is 0.464 e. The number of nitrogens with zero attached hydrogens (tertiary/aromatic N) is 2. The standard InChI is InChI=1S/C14H14N2O2S/c1-9-12(13(17)18-2)15-14(19-9)16-7-10-5-3-4-6-11(10)8-16/h3-6H,7-8H2,1-2H3. The SMILES string of the molecule is COC(=O)c1nc(N2Cc3ccccc3C2)sc1C. The molecule has 1 aromatic heterocycles. The quantitative estimate of drug-likeness (QED) is 0.790. The highest BCUT2D eigenvalue weighted by Gasteiger charge is 2.24. The van der Waals surface area contributed by atoms with Crippen LogP contribution < -0.4 is 4.90 Å². The molecular weight excluding hydrogens is 260 g/mol. The van der Waals surface area contributed by atoms with Crippen molar-refractivity contribution < 1.29 is 9.53 Å². The van der Waals surface area contributed by atoms with Gasteiger partial charge in [-0.05, 0) is 18.1 Å².